The minimum Gasteiger partial charge on any atom is -0.354 e. The average Bonchev–Trinajstić information content (AvgIpc) is 2.38. The normalized spacial score (nSPS) is 18.1. The number of carbonyl (C=O) groups excluding carboxylic acids is 1. The van der Waals surface area contributed by atoms with Gasteiger partial charge in [-0.3, -0.25) is 4.79 Å². The van der Waals surface area contributed by atoms with Crippen molar-refractivity contribution in [1.82, 2.24) is 0 Å². The second-order valence-corrected chi connectivity index (χ2v) is 5.65. The minimum atomic E-state index is -0.724. The number of carbonyl (C=O) groups is 1. The van der Waals surface area contributed by atoms with Gasteiger partial charge in [-0.25, -0.2) is 0 Å². The fraction of sp³-hybridized carbons (Fsp3) is 0.357. The lowest BCUT2D eigenvalue weighted by Crippen LogP contribution is -2.41. The molecule has 0 bridgehead atoms. The highest BCUT2D eigenvalue weighted by Crippen LogP contribution is 2.33. The first kappa shape index (κ1) is 14.5. The first-order valence-corrected chi connectivity index (χ1v) is 6.54. The van der Waals surface area contributed by atoms with Gasteiger partial charge >= 0.3 is 0 Å². The molecule has 2 rings (SSSR count). The molecule has 1 aromatic carbocycles. The second-order valence-electron chi connectivity index (χ2n) is 4.81. The summed E-state index contributed by atoms with van der Waals surface area (Å²) < 4.78 is 10.4. The lowest BCUT2D eigenvalue weighted by atomic mass is 9.81. The summed E-state index contributed by atoms with van der Waals surface area (Å²) >= 11 is 11.9. The Bertz CT molecular complexity index is 519. The van der Waals surface area contributed by atoms with Gasteiger partial charge < -0.3 is 9.47 Å². The molecule has 5 heteroatoms. The molecule has 3 nitrogen and oxygen atoms in total. The van der Waals surface area contributed by atoms with Crippen LogP contribution >= 0.6 is 23.2 Å². The molecule has 1 aromatic rings. The van der Waals surface area contributed by atoms with Crippen LogP contribution in [0.4, 0.5) is 0 Å². The van der Waals surface area contributed by atoms with E-state index in [0.717, 1.165) is 0 Å². The minimum absolute atomic E-state index is 0.128. The zero-order valence-electron chi connectivity index (χ0n) is 10.5. The maximum absolute atomic E-state index is 12.5. The largest absolute Gasteiger partial charge is 0.354 e. The Morgan fingerprint density at radius 2 is 1.95 bits per heavy atom. The number of benzene rings is 1. The van der Waals surface area contributed by atoms with E-state index in [1.165, 1.54) is 0 Å². The predicted molar refractivity (Wildman–Crippen MR) is 75.4 cm³/mol. The van der Waals surface area contributed by atoms with E-state index in [4.69, 9.17) is 32.7 Å². The van der Waals surface area contributed by atoms with Gasteiger partial charge in [-0.05, 0) is 19.1 Å². The summed E-state index contributed by atoms with van der Waals surface area (Å²) in [4.78, 5) is 12.5. The predicted octanol–water partition coefficient (Wildman–Crippen LogP) is 3.59. The highest BCUT2D eigenvalue weighted by Gasteiger charge is 2.38. The molecule has 0 saturated carbocycles. The molecular formula is C14H14Cl2O3. The molecule has 102 valence electrons. The third kappa shape index (κ3) is 3.00. The van der Waals surface area contributed by atoms with Crippen LogP contribution in [0, 0.1) is 5.41 Å². The van der Waals surface area contributed by atoms with E-state index in [2.05, 4.69) is 6.58 Å². The molecule has 19 heavy (non-hydrogen) atoms. The van der Waals surface area contributed by atoms with Gasteiger partial charge in [-0.1, -0.05) is 35.8 Å². The zero-order valence-corrected chi connectivity index (χ0v) is 12.1. The quantitative estimate of drug-likeness (QED) is 0.800. The van der Waals surface area contributed by atoms with E-state index in [0.29, 0.717) is 34.4 Å². The van der Waals surface area contributed by atoms with Gasteiger partial charge in [-0.15, -0.1) is 0 Å². The summed E-state index contributed by atoms with van der Waals surface area (Å²) in [5.41, 5.74) is 0.208. The van der Waals surface area contributed by atoms with E-state index in [9.17, 15) is 4.79 Å². The van der Waals surface area contributed by atoms with Crippen LogP contribution in [-0.2, 0) is 14.3 Å². The maximum Gasteiger partial charge on any atom is 0.173 e. The van der Waals surface area contributed by atoms with Gasteiger partial charge in [0, 0.05) is 21.2 Å². The smallest absolute Gasteiger partial charge is 0.173 e. The van der Waals surface area contributed by atoms with Crippen molar-refractivity contribution < 1.29 is 14.3 Å². The van der Waals surface area contributed by atoms with Crippen molar-refractivity contribution in [2.45, 2.75) is 6.92 Å². The van der Waals surface area contributed by atoms with Crippen molar-refractivity contribution in [3.05, 3.63) is 40.4 Å². The summed E-state index contributed by atoms with van der Waals surface area (Å²) in [5, 5.41) is 0.927. The van der Waals surface area contributed by atoms with Crippen LogP contribution < -0.4 is 0 Å². The van der Waals surface area contributed by atoms with Crippen LogP contribution in [0.15, 0.2) is 24.8 Å². The van der Waals surface area contributed by atoms with Crippen LogP contribution in [0.25, 0.3) is 5.57 Å². The summed E-state index contributed by atoms with van der Waals surface area (Å²) in [6, 6.07) is 4.96. The van der Waals surface area contributed by atoms with Gasteiger partial charge in [0.2, 0.25) is 0 Å². The van der Waals surface area contributed by atoms with Gasteiger partial charge in [0.05, 0.1) is 18.6 Å². The van der Waals surface area contributed by atoms with Crippen LogP contribution in [-0.4, -0.2) is 25.8 Å². The molecule has 0 aliphatic carbocycles. The molecule has 0 atom stereocenters. The lowest BCUT2D eigenvalue weighted by Gasteiger charge is -2.32. The molecule has 0 N–H and O–H groups in total. The van der Waals surface area contributed by atoms with Crippen molar-refractivity contribution in [2.24, 2.45) is 5.41 Å². The SMILES string of the molecule is C=C(C(=O)C1(C)COCOC1)c1ccc(Cl)cc1Cl. The zero-order chi connectivity index (χ0) is 14.0. The highest BCUT2D eigenvalue weighted by molar-refractivity contribution is 6.37. The highest BCUT2D eigenvalue weighted by atomic mass is 35.5. The standard InChI is InChI=1S/C14H14Cl2O3/c1-9(11-4-3-10(15)5-12(11)16)13(17)14(2)6-18-8-19-7-14/h3-5H,1,6-8H2,2H3. The number of ether oxygens (including phenoxy) is 2. The van der Waals surface area contributed by atoms with E-state index >= 15 is 0 Å². The van der Waals surface area contributed by atoms with Gasteiger partial charge in [0.1, 0.15) is 6.79 Å². The number of ketones is 1. The first-order chi connectivity index (χ1) is 8.94. The molecule has 1 saturated heterocycles. The molecule has 0 aromatic heterocycles. The summed E-state index contributed by atoms with van der Waals surface area (Å²) in [7, 11) is 0. The molecule has 1 aliphatic rings. The molecule has 0 spiro atoms. The number of hydrogen-bond donors (Lipinski definition) is 0. The Balaban J connectivity index is 2.26. The summed E-state index contributed by atoms with van der Waals surface area (Å²) in [6.07, 6.45) is 0. The van der Waals surface area contributed by atoms with E-state index in [-0.39, 0.29) is 12.6 Å². The Morgan fingerprint density at radius 3 is 2.53 bits per heavy atom. The number of allylic oxidation sites excluding steroid dienone is 1. The van der Waals surface area contributed by atoms with Crippen LogP contribution in [0.2, 0.25) is 10.0 Å². The topological polar surface area (TPSA) is 35.5 Å². The Hall–Kier alpha value is -0.870. The van der Waals surface area contributed by atoms with E-state index < -0.39 is 5.41 Å². The molecule has 1 heterocycles. The van der Waals surface area contributed by atoms with E-state index in [1.807, 2.05) is 0 Å². The Morgan fingerprint density at radius 1 is 1.32 bits per heavy atom. The fourth-order valence-electron chi connectivity index (χ4n) is 1.99. The average molecular weight is 301 g/mol. The van der Waals surface area contributed by atoms with Crippen molar-refractivity contribution in [1.29, 1.82) is 0 Å². The Labute approximate surface area is 122 Å². The van der Waals surface area contributed by atoms with Crippen LogP contribution in [0.1, 0.15) is 12.5 Å². The second kappa shape index (κ2) is 5.63. The maximum atomic E-state index is 12.5. The first-order valence-electron chi connectivity index (χ1n) is 5.79. The number of Topliss-reactive ketones (excluding diaryl/α,β-unsaturated/α-hetero) is 1. The van der Waals surface area contributed by atoms with Gasteiger partial charge in [0.25, 0.3) is 0 Å². The van der Waals surface area contributed by atoms with Gasteiger partial charge in [0.15, 0.2) is 5.78 Å². The Kier molecular flexibility index (Phi) is 4.31. The third-order valence-electron chi connectivity index (χ3n) is 3.09. The molecule has 1 fully saturated rings. The van der Waals surface area contributed by atoms with Crippen LogP contribution in [0.3, 0.4) is 0 Å². The molecule has 1 aliphatic heterocycles. The molecule has 0 radical (unpaired) electrons. The summed E-state index contributed by atoms with van der Waals surface area (Å²) in [5.74, 6) is -0.128. The molecule has 0 amide bonds. The van der Waals surface area contributed by atoms with Crippen molar-refractivity contribution in [3.8, 4) is 0 Å². The van der Waals surface area contributed by atoms with Crippen molar-refractivity contribution >= 4 is 34.6 Å². The molecular weight excluding hydrogens is 287 g/mol. The fourth-order valence-corrected chi connectivity index (χ4v) is 2.51. The number of halogens is 2. The monoisotopic (exact) mass is 300 g/mol. The number of rotatable bonds is 3. The van der Waals surface area contributed by atoms with Crippen molar-refractivity contribution in [3.63, 3.8) is 0 Å². The molecule has 0 unspecified atom stereocenters. The number of hydrogen-bond acceptors (Lipinski definition) is 3. The lowest BCUT2D eigenvalue weighted by molar-refractivity contribution is -0.168. The van der Waals surface area contributed by atoms with E-state index in [1.54, 1.807) is 25.1 Å². The van der Waals surface area contributed by atoms with Crippen LogP contribution in [0.5, 0.6) is 0 Å². The summed E-state index contributed by atoms with van der Waals surface area (Å²) in [6.45, 7) is 6.49. The van der Waals surface area contributed by atoms with Crippen molar-refractivity contribution in [2.75, 3.05) is 20.0 Å². The van der Waals surface area contributed by atoms with Gasteiger partial charge in [-0.2, -0.15) is 0 Å². The third-order valence-corrected chi connectivity index (χ3v) is 3.63.